The van der Waals surface area contributed by atoms with Gasteiger partial charge in [0, 0.05) is 37.1 Å². The molecular formula is C24H27N3O2S2. The van der Waals surface area contributed by atoms with Gasteiger partial charge in [0.1, 0.15) is 0 Å². The number of nitrogens with zero attached hydrogens (tertiary/aromatic N) is 3. The lowest BCUT2D eigenvalue weighted by molar-refractivity contribution is -0.138. The van der Waals surface area contributed by atoms with Gasteiger partial charge in [-0.05, 0) is 45.9 Å². The first-order chi connectivity index (χ1) is 15.0. The first-order valence-corrected chi connectivity index (χ1v) is 13.7. The van der Waals surface area contributed by atoms with Crippen molar-refractivity contribution in [3.8, 4) is 0 Å². The average molecular weight is 454 g/mol. The fraction of sp³-hybridized carbons (Fsp3) is 0.375. The SMILES string of the molecule is C=S1(=O)CCC(C(=O)N2CCN(c3nc4ccccc4s3)CC2c2ccccc2)CC1. The van der Waals surface area contributed by atoms with Gasteiger partial charge >= 0.3 is 0 Å². The van der Waals surface area contributed by atoms with E-state index >= 15 is 0 Å². The monoisotopic (exact) mass is 453 g/mol. The first kappa shape index (κ1) is 20.5. The molecule has 2 saturated heterocycles. The fourth-order valence-electron chi connectivity index (χ4n) is 4.62. The van der Waals surface area contributed by atoms with Crippen molar-refractivity contribution in [1.82, 2.24) is 9.88 Å². The van der Waals surface area contributed by atoms with Crippen molar-refractivity contribution in [2.75, 3.05) is 36.0 Å². The molecule has 2 aromatic carbocycles. The van der Waals surface area contributed by atoms with Gasteiger partial charge in [-0.15, -0.1) is 0 Å². The van der Waals surface area contributed by atoms with Crippen molar-refractivity contribution in [2.24, 2.45) is 5.92 Å². The number of anilines is 1. The van der Waals surface area contributed by atoms with Crippen molar-refractivity contribution in [3.05, 3.63) is 60.2 Å². The van der Waals surface area contributed by atoms with Gasteiger partial charge in [-0.1, -0.05) is 53.8 Å². The van der Waals surface area contributed by atoms with Crippen molar-refractivity contribution >= 4 is 48.0 Å². The molecule has 2 aliphatic heterocycles. The van der Waals surface area contributed by atoms with E-state index in [9.17, 15) is 9.00 Å². The summed E-state index contributed by atoms with van der Waals surface area (Å²) in [6.45, 7) is 2.17. The standard InChI is InChI=1S/C24H27N3O2S2/c1-31(29)15-11-19(12-16-31)23(28)27-14-13-26(17-21(27)18-7-3-2-4-8-18)24-25-20-9-5-6-10-22(20)30-24/h2-10,19,21H,1,11-17H2. The lowest BCUT2D eigenvalue weighted by Crippen LogP contribution is -2.53. The van der Waals surface area contributed by atoms with Crippen LogP contribution in [0, 0.1) is 5.92 Å². The number of hydrogen-bond acceptors (Lipinski definition) is 5. The normalized spacial score (nSPS) is 26.8. The Morgan fingerprint density at radius 2 is 1.74 bits per heavy atom. The molecule has 0 N–H and O–H groups in total. The van der Waals surface area contributed by atoms with E-state index in [-0.39, 0.29) is 17.9 Å². The molecule has 1 atom stereocenters. The summed E-state index contributed by atoms with van der Waals surface area (Å²) in [5, 5.41) is 1.02. The molecule has 3 heterocycles. The molecule has 2 fully saturated rings. The second kappa shape index (κ2) is 8.28. The third kappa shape index (κ3) is 4.21. The largest absolute Gasteiger partial charge is 0.344 e. The van der Waals surface area contributed by atoms with Crippen LogP contribution in [-0.4, -0.2) is 57.0 Å². The summed E-state index contributed by atoms with van der Waals surface area (Å²) in [7, 11) is -1.99. The lowest BCUT2D eigenvalue weighted by atomic mass is 9.96. The number of fused-ring (bicyclic) bond motifs is 1. The molecule has 7 heteroatoms. The van der Waals surface area contributed by atoms with Crippen LogP contribution in [-0.2, 0) is 14.3 Å². The van der Waals surface area contributed by atoms with Crippen LogP contribution in [0.5, 0.6) is 0 Å². The molecule has 0 bridgehead atoms. The third-order valence-corrected chi connectivity index (χ3v) is 9.48. The zero-order valence-corrected chi connectivity index (χ0v) is 19.1. The maximum atomic E-state index is 13.5. The van der Waals surface area contributed by atoms with Crippen LogP contribution in [0.4, 0.5) is 5.13 Å². The minimum Gasteiger partial charge on any atom is -0.344 e. The summed E-state index contributed by atoms with van der Waals surface area (Å²) in [6.07, 6.45) is 1.36. The van der Waals surface area contributed by atoms with Crippen LogP contribution < -0.4 is 4.90 Å². The molecule has 2 aliphatic rings. The highest BCUT2D eigenvalue weighted by molar-refractivity contribution is 8.00. The van der Waals surface area contributed by atoms with Crippen molar-refractivity contribution in [3.63, 3.8) is 0 Å². The van der Waals surface area contributed by atoms with Crippen LogP contribution in [0.3, 0.4) is 0 Å². The summed E-state index contributed by atoms with van der Waals surface area (Å²) in [5.74, 6) is 5.13. The number of aromatic nitrogens is 1. The van der Waals surface area contributed by atoms with E-state index in [0.29, 0.717) is 30.9 Å². The van der Waals surface area contributed by atoms with Crippen molar-refractivity contribution in [2.45, 2.75) is 18.9 Å². The smallest absolute Gasteiger partial charge is 0.226 e. The number of benzene rings is 2. The highest BCUT2D eigenvalue weighted by Gasteiger charge is 2.37. The molecular weight excluding hydrogens is 426 g/mol. The summed E-state index contributed by atoms with van der Waals surface area (Å²) < 4.78 is 13.4. The quantitative estimate of drug-likeness (QED) is 0.566. The van der Waals surface area contributed by atoms with Crippen LogP contribution in [0.25, 0.3) is 10.2 Å². The van der Waals surface area contributed by atoms with Crippen molar-refractivity contribution < 1.29 is 9.00 Å². The summed E-state index contributed by atoms with van der Waals surface area (Å²) in [4.78, 5) is 22.7. The first-order valence-electron chi connectivity index (χ1n) is 10.8. The minimum atomic E-state index is -1.99. The second-order valence-corrected chi connectivity index (χ2v) is 12.3. The Morgan fingerprint density at radius 3 is 2.48 bits per heavy atom. The second-order valence-electron chi connectivity index (χ2n) is 8.52. The molecule has 0 radical (unpaired) electrons. The number of hydrogen-bond donors (Lipinski definition) is 0. The minimum absolute atomic E-state index is 0.0134. The zero-order valence-electron chi connectivity index (χ0n) is 17.5. The third-order valence-electron chi connectivity index (χ3n) is 6.43. The maximum Gasteiger partial charge on any atom is 0.226 e. The zero-order chi connectivity index (χ0) is 21.4. The van der Waals surface area contributed by atoms with E-state index in [1.807, 2.05) is 36.4 Å². The molecule has 3 aromatic rings. The number of carbonyl (C=O) groups excluding carboxylic acids is 1. The van der Waals surface area contributed by atoms with Gasteiger partial charge < -0.3 is 9.80 Å². The van der Waals surface area contributed by atoms with Gasteiger partial charge in [0.05, 0.1) is 16.3 Å². The van der Waals surface area contributed by atoms with E-state index in [1.54, 1.807) is 11.3 Å². The summed E-state index contributed by atoms with van der Waals surface area (Å²) in [5.41, 5.74) is 2.18. The van der Waals surface area contributed by atoms with Crippen molar-refractivity contribution in [1.29, 1.82) is 0 Å². The topological polar surface area (TPSA) is 53.5 Å². The van der Waals surface area contributed by atoms with Crippen LogP contribution in [0.2, 0.25) is 0 Å². The Balaban J connectivity index is 1.41. The molecule has 1 aromatic heterocycles. The van der Waals surface area contributed by atoms with E-state index in [4.69, 9.17) is 4.98 Å². The lowest BCUT2D eigenvalue weighted by Gasteiger charge is -2.43. The Bertz CT molecular complexity index is 1140. The number of thiazole rings is 1. The molecule has 0 aliphatic carbocycles. The van der Waals surface area contributed by atoms with Gasteiger partial charge in [-0.25, -0.2) is 4.98 Å². The van der Waals surface area contributed by atoms with Gasteiger partial charge in [0.15, 0.2) is 5.13 Å². The highest BCUT2D eigenvalue weighted by Crippen LogP contribution is 2.35. The number of rotatable bonds is 3. The molecule has 5 nitrogen and oxygen atoms in total. The Kier molecular flexibility index (Phi) is 5.48. The number of amides is 1. The van der Waals surface area contributed by atoms with Gasteiger partial charge in [-0.2, -0.15) is 0 Å². The van der Waals surface area contributed by atoms with E-state index in [1.165, 1.54) is 4.70 Å². The molecule has 1 unspecified atom stereocenters. The summed E-state index contributed by atoms with van der Waals surface area (Å²) >= 11 is 1.71. The van der Waals surface area contributed by atoms with Gasteiger partial charge in [0.2, 0.25) is 5.91 Å². The molecule has 31 heavy (non-hydrogen) atoms. The Morgan fingerprint density at radius 1 is 1.03 bits per heavy atom. The Hall–Kier alpha value is -2.38. The number of piperazine rings is 1. The predicted molar refractivity (Wildman–Crippen MR) is 130 cm³/mol. The molecule has 5 rings (SSSR count). The Labute approximate surface area is 187 Å². The van der Waals surface area contributed by atoms with Gasteiger partial charge in [-0.3, -0.25) is 9.00 Å². The van der Waals surface area contributed by atoms with E-state index in [0.717, 1.165) is 29.3 Å². The molecule has 0 saturated carbocycles. The number of para-hydroxylation sites is 1. The van der Waals surface area contributed by atoms with Gasteiger partial charge in [0.25, 0.3) is 0 Å². The predicted octanol–water partition coefficient (Wildman–Crippen LogP) is 3.81. The molecule has 162 valence electrons. The average Bonchev–Trinajstić information content (AvgIpc) is 3.23. The number of carbonyl (C=O) groups is 1. The van der Waals surface area contributed by atoms with Crippen LogP contribution in [0.15, 0.2) is 54.6 Å². The molecule has 1 amide bonds. The van der Waals surface area contributed by atoms with E-state index in [2.05, 4.69) is 33.9 Å². The van der Waals surface area contributed by atoms with Crippen LogP contribution >= 0.6 is 11.3 Å². The maximum absolute atomic E-state index is 13.5. The highest BCUT2D eigenvalue weighted by atomic mass is 32.2. The van der Waals surface area contributed by atoms with E-state index < -0.39 is 9.52 Å². The summed E-state index contributed by atoms with van der Waals surface area (Å²) in [6, 6.07) is 18.5. The van der Waals surface area contributed by atoms with Crippen LogP contribution in [0.1, 0.15) is 24.4 Å². The fourth-order valence-corrected chi connectivity index (χ4v) is 7.25. The molecule has 0 spiro atoms.